The van der Waals surface area contributed by atoms with Gasteiger partial charge in [-0.3, -0.25) is 4.79 Å². The number of methoxy groups -OCH3 is 2. The minimum absolute atomic E-state index is 0.0730. The first-order valence-electron chi connectivity index (χ1n) is 9.12. The Balaban J connectivity index is 2.89. The van der Waals surface area contributed by atoms with Gasteiger partial charge in [0, 0.05) is 33.6 Å². The van der Waals surface area contributed by atoms with Gasteiger partial charge in [-0.25, -0.2) is 0 Å². The molecule has 0 bridgehead atoms. The lowest BCUT2D eigenvalue weighted by Gasteiger charge is -2.24. The maximum absolute atomic E-state index is 12.5. The van der Waals surface area contributed by atoms with Crippen LogP contribution in [0.1, 0.15) is 24.3 Å². The van der Waals surface area contributed by atoms with Crippen LogP contribution >= 0.6 is 0 Å². The predicted octanol–water partition coefficient (Wildman–Crippen LogP) is 4.73. The topological polar surface area (TPSA) is 93.5 Å². The smallest absolute Gasteiger partial charge is 0.314 e. The second-order valence-electron chi connectivity index (χ2n) is 7.68. The summed E-state index contributed by atoms with van der Waals surface area (Å²) in [6, 6.07) is 9.76. The monoisotopic (exact) mass is 393 g/mol. The van der Waals surface area contributed by atoms with E-state index in [4.69, 9.17) is 19.7 Å². The fourth-order valence-electron chi connectivity index (χ4n) is 2.69. The van der Waals surface area contributed by atoms with E-state index in [0.717, 1.165) is 11.6 Å². The maximum Gasteiger partial charge on any atom is 0.314 e. The molecule has 0 saturated carbocycles. The molecule has 0 fully saturated rings. The third-order valence-corrected chi connectivity index (χ3v) is 6.05. The average molecular weight is 394 g/mol. The van der Waals surface area contributed by atoms with Crippen LogP contribution in [0.4, 0.5) is 0 Å². The lowest BCUT2D eigenvalue weighted by Crippen LogP contribution is -2.28. The van der Waals surface area contributed by atoms with Crippen molar-refractivity contribution in [2.75, 3.05) is 20.8 Å². The number of carbonyl (C=O) groups is 1. The number of ether oxygens (including phenoxy) is 3. The van der Waals surface area contributed by atoms with Gasteiger partial charge in [-0.15, -0.1) is 0 Å². The number of carbonyl (C=O) groups excluding carboxylic acids is 1. The van der Waals surface area contributed by atoms with Crippen molar-refractivity contribution < 1.29 is 19.0 Å². The van der Waals surface area contributed by atoms with E-state index in [0.29, 0.717) is 19.4 Å². The summed E-state index contributed by atoms with van der Waals surface area (Å²) in [7, 11) is 1.84. The fraction of sp³-hybridized carbons (Fsp3) is 0.632. The minimum Gasteiger partial charge on any atom is -0.466 e. The summed E-state index contributed by atoms with van der Waals surface area (Å²) >= 11 is 0. The first kappa shape index (κ1) is 23.2. The SMILES string of the molecule is COC(CC(C[C@H](N=[N+]=[N-])C(=O)OCC[Si](C)(C)C)c1ccccc1)OC. The molecule has 0 N–H and O–H groups in total. The largest absolute Gasteiger partial charge is 0.466 e. The van der Waals surface area contributed by atoms with Crippen LogP contribution in [0.5, 0.6) is 0 Å². The third-order valence-electron chi connectivity index (χ3n) is 4.34. The van der Waals surface area contributed by atoms with E-state index in [9.17, 15) is 4.79 Å². The van der Waals surface area contributed by atoms with Gasteiger partial charge in [0.25, 0.3) is 0 Å². The summed E-state index contributed by atoms with van der Waals surface area (Å²) < 4.78 is 16.0. The minimum atomic E-state index is -1.31. The highest BCUT2D eigenvalue weighted by molar-refractivity contribution is 6.76. The maximum atomic E-state index is 12.5. The van der Waals surface area contributed by atoms with Gasteiger partial charge < -0.3 is 14.2 Å². The number of rotatable bonds is 12. The average Bonchev–Trinajstić information content (AvgIpc) is 2.64. The van der Waals surface area contributed by atoms with Crippen LogP contribution in [0.15, 0.2) is 35.4 Å². The number of hydrogen-bond donors (Lipinski definition) is 0. The Morgan fingerprint density at radius 3 is 2.30 bits per heavy atom. The molecule has 2 atom stereocenters. The molecule has 1 aromatic carbocycles. The van der Waals surface area contributed by atoms with Crippen LogP contribution in [0.2, 0.25) is 25.7 Å². The van der Waals surface area contributed by atoms with E-state index in [-0.39, 0.29) is 5.92 Å². The Kier molecular flexibility index (Phi) is 10.1. The first-order chi connectivity index (χ1) is 12.8. The molecule has 1 aromatic rings. The van der Waals surface area contributed by atoms with Crippen LogP contribution in [0, 0.1) is 0 Å². The standard InChI is InChI=1S/C19H31N3O4Si/c1-24-18(25-2)14-16(15-9-7-6-8-10-15)13-17(21-22-20)19(23)26-11-12-27(3,4)5/h6-10,16-18H,11-14H2,1-5H3/t16?,17-/m0/s1. The van der Waals surface area contributed by atoms with Crippen LogP contribution in [-0.4, -0.2) is 47.2 Å². The Hall–Kier alpha value is -1.86. The summed E-state index contributed by atoms with van der Waals surface area (Å²) in [5.41, 5.74) is 9.94. The normalized spacial score (nSPS) is 13.7. The molecule has 0 saturated heterocycles. The second-order valence-corrected chi connectivity index (χ2v) is 13.3. The third kappa shape index (κ3) is 9.06. The van der Waals surface area contributed by atoms with E-state index >= 15 is 0 Å². The van der Waals surface area contributed by atoms with E-state index in [1.807, 2.05) is 30.3 Å². The number of esters is 1. The lowest BCUT2D eigenvalue weighted by atomic mass is 9.89. The van der Waals surface area contributed by atoms with Crippen LogP contribution in [-0.2, 0) is 19.0 Å². The molecule has 8 heteroatoms. The molecular weight excluding hydrogens is 362 g/mol. The molecule has 0 radical (unpaired) electrons. The van der Waals surface area contributed by atoms with Gasteiger partial charge in [-0.1, -0.05) is 55.1 Å². The van der Waals surface area contributed by atoms with E-state index < -0.39 is 26.4 Å². The molecule has 0 spiro atoms. The van der Waals surface area contributed by atoms with Crippen molar-refractivity contribution in [3.05, 3.63) is 46.3 Å². The van der Waals surface area contributed by atoms with Crippen LogP contribution < -0.4 is 0 Å². The zero-order chi connectivity index (χ0) is 20.3. The summed E-state index contributed by atoms with van der Waals surface area (Å²) in [4.78, 5) is 15.3. The van der Waals surface area contributed by atoms with Crippen LogP contribution in [0.3, 0.4) is 0 Å². The number of nitrogens with zero attached hydrogens (tertiary/aromatic N) is 3. The number of azide groups is 1. The Labute approximate surface area is 162 Å². The quantitative estimate of drug-likeness (QED) is 0.128. The zero-order valence-electron chi connectivity index (χ0n) is 16.9. The summed E-state index contributed by atoms with van der Waals surface area (Å²) in [6.45, 7) is 7.01. The van der Waals surface area contributed by atoms with Gasteiger partial charge in [0.1, 0.15) is 6.04 Å². The van der Waals surface area contributed by atoms with Gasteiger partial charge in [-0.05, 0) is 29.5 Å². The Morgan fingerprint density at radius 2 is 1.78 bits per heavy atom. The number of hydrogen-bond acceptors (Lipinski definition) is 5. The first-order valence-corrected chi connectivity index (χ1v) is 12.8. The molecule has 27 heavy (non-hydrogen) atoms. The summed E-state index contributed by atoms with van der Waals surface area (Å²) in [6.07, 6.45) is 0.463. The van der Waals surface area contributed by atoms with E-state index in [1.54, 1.807) is 14.2 Å². The molecular formula is C19H31N3O4Si. The number of benzene rings is 1. The van der Waals surface area contributed by atoms with Crippen molar-refractivity contribution in [1.29, 1.82) is 0 Å². The van der Waals surface area contributed by atoms with Crippen molar-refractivity contribution >= 4 is 14.0 Å². The van der Waals surface area contributed by atoms with Gasteiger partial charge in [0.15, 0.2) is 6.29 Å². The highest BCUT2D eigenvalue weighted by Gasteiger charge is 2.27. The van der Waals surface area contributed by atoms with Crippen molar-refractivity contribution in [2.24, 2.45) is 5.11 Å². The second kappa shape index (κ2) is 11.8. The predicted molar refractivity (Wildman–Crippen MR) is 108 cm³/mol. The van der Waals surface area contributed by atoms with E-state index in [1.165, 1.54) is 0 Å². The van der Waals surface area contributed by atoms with E-state index in [2.05, 4.69) is 29.7 Å². The van der Waals surface area contributed by atoms with Crippen molar-refractivity contribution in [2.45, 2.75) is 56.8 Å². The highest BCUT2D eigenvalue weighted by atomic mass is 28.3. The summed E-state index contributed by atoms with van der Waals surface area (Å²) in [5.74, 6) is -0.547. The lowest BCUT2D eigenvalue weighted by molar-refractivity contribution is -0.145. The van der Waals surface area contributed by atoms with Gasteiger partial charge >= 0.3 is 5.97 Å². The zero-order valence-corrected chi connectivity index (χ0v) is 17.9. The molecule has 1 rings (SSSR count). The van der Waals surface area contributed by atoms with Crippen molar-refractivity contribution in [3.8, 4) is 0 Å². The summed E-state index contributed by atoms with van der Waals surface area (Å²) in [5, 5.41) is 3.70. The molecule has 0 amide bonds. The molecule has 0 aliphatic rings. The molecule has 0 aliphatic heterocycles. The molecule has 0 heterocycles. The van der Waals surface area contributed by atoms with Gasteiger partial charge in [-0.2, -0.15) is 0 Å². The highest BCUT2D eigenvalue weighted by Crippen LogP contribution is 2.29. The van der Waals surface area contributed by atoms with Gasteiger partial charge in [0.2, 0.25) is 0 Å². The van der Waals surface area contributed by atoms with Crippen molar-refractivity contribution in [3.63, 3.8) is 0 Å². The molecule has 0 aliphatic carbocycles. The Morgan fingerprint density at radius 1 is 1.15 bits per heavy atom. The molecule has 1 unspecified atom stereocenters. The van der Waals surface area contributed by atoms with Crippen molar-refractivity contribution in [1.82, 2.24) is 0 Å². The fourth-order valence-corrected chi connectivity index (χ4v) is 3.41. The molecule has 0 aromatic heterocycles. The van der Waals surface area contributed by atoms with Crippen LogP contribution in [0.25, 0.3) is 10.4 Å². The molecule has 7 nitrogen and oxygen atoms in total. The molecule has 150 valence electrons. The van der Waals surface area contributed by atoms with Gasteiger partial charge in [0.05, 0.1) is 6.61 Å². The Bertz CT molecular complexity index is 611.